The normalized spacial score (nSPS) is 13.8. The van der Waals surface area contributed by atoms with Crippen molar-refractivity contribution in [2.75, 3.05) is 43.1 Å². The quantitative estimate of drug-likeness (QED) is 0.348. The molecule has 1 aliphatic heterocycles. The zero-order valence-corrected chi connectivity index (χ0v) is 20.2. The third-order valence-electron chi connectivity index (χ3n) is 4.98. The highest BCUT2D eigenvalue weighted by molar-refractivity contribution is 7.92. The van der Waals surface area contributed by atoms with Crippen molar-refractivity contribution < 1.29 is 27.8 Å². The number of methoxy groups -OCH3 is 1. The molecule has 182 valence electrons. The molecule has 1 heterocycles. The molecule has 1 unspecified atom stereocenters. The van der Waals surface area contributed by atoms with E-state index in [2.05, 4.69) is 15.4 Å². The number of nitrogens with one attached hydrogen (secondary N) is 3. The van der Waals surface area contributed by atoms with E-state index in [0.29, 0.717) is 48.8 Å². The van der Waals surface area contributed by atoms with Gasteiger partial charge in [0.15, 0.2) is 0 Å². The highest BCUT2D eigenvalue weighted by atomic mass is 35.5. The van der Waals surface area contributed by atoms with E-state index in [1.54, 1.807) is 31.4 Å². The molecule has 2 aromatic carbocycles. The smallest absolute Gasteiger partial charge is 0.229 e. The molecular formula is C22H30ClN3O6S. The van der Waals surface area contributed by atoms with Gasteiger partial charge in [0.05, 0.1) is 19.1 Å². The van der Waals surface area contributed by atoms with E-state index >= 15 is 0 Å². The Balaban J connectivity index is 0.00000385. The van der Waals surface area contributed by atoms with Gasteiger partial charge in [-0.05, 0) is 49.2 Å². The second-order valence-corrected chi connectivity index (χ2v) is 9.41. The number of fused-ring (bicyclic) bond motifs is 1. The van der Waals surface area contributed by atoms with E-state index in [1.165, 1.54) is 0 Å². The summed E-state index contributed by atoms with van der Waals surface area (Å²) in [4.78, 5) is 11.7. The van der Waals surface area contributed by atoms with Crippen molar-refractivity contribution in [1.82, 2.24) is 5.32 Å². The summed E-state index contributed by atoms with van der Waals surface area (Å²) in [6.45, 7) is 1.13. The molecule has 0 aromatic heterocycles. The number of amides is 1. The second kappa shape index (κ2) is 12.1. The lowest BCUT2D eigenvalue weighted by Gasteiger charge is -2.23. The number of halogens is 1. The van der Waals surface area contributed by atoms with E-state index in [1.807, 2.05) is 12.1 Å². The molecule has 1 amide bonds. The van der Waals surface area contributed by atoms with Gasteiger partial charge >= 0.3 is 0 Å². The highest BCUT2D eigenvalue weighted by Crippen LogP contribution is 2.38. The van der Waals surface area contributed by atoms with Crippen LogP contribution >= 0.6 is 12.4 Å². The lowest BCUT2D eigenvalue weighted by Crippen LogP contribution is -2.32. The minimum atomic E-state index is -3.28. The van der Waals surface area contributed by atoms with Crippen LogP contribution in [0.15, 0.2) is 36.4 Å². The maximum atomic E-state index is 11.7. The van der Waals surface area contributed by atoms with Crippen LogP contribution in [0.2, 0.25) is 0 Å². The Kier molecular flexibility index (Phi) is 9.78. The first-order chi connectivity index (χ1) is 15.2. The maximum absolute atomic E-state index is 11.7. The van der Waals surface area contributed by atoms with Gasteiger partial charge in [-0.1, -0.05) is 12.1 Å². The van der Waals surface area contributed by atoms with Crippen molar-refractivity contribution in [2.24, 2.45) is 0 Å². The van der Waals surface area contributed by atoms with Gasteiger partial charge in [0.25, 0.3) is 0 Å². The Hall–Kier alpha value is -2.53. The molecule has 0 saturated heterocycles. The fraction of sp³-hybridized carbons (Fsp3) is 0.409. The lowest BCUT2D eigenvalue weighted by atomic mass is 10.0. The summed E-state index contributed by atoms with van der Waals surface area (Å²) in [5.41, 5.74) is 3.08. The van der Waals surface area contributed by atoms with Crippen LogP contribution in [0.3, 0.4) is 0 Å². The number of sulfonamides is 1. The van der Waals surface area contributed by atoms with Crippen molar-refractivity contribution >= 4 is 39.7 Å². The molecule has 0 saturated carbocycles. The van der Waals surface area contributed by atoms with Crippen molar-refractivity contribution in [3.63, 3.8) is 0 Å². The fourth-order valence-electron chi connectivity index (χ4n) is 3.44. The molecule has 11 heteroatoms. The Morgan fingerprint density at radius 1 is 1.12 bits per heavy atom. The van der Waals surface area contributed by atoms with Gasteiger partial charge in [0.2, 0.25) is 15.9 Å². The molecule has 4 N–H and O–H groups in total. The first kappa shape index (κ1) is 26.7. The van der Waals surface area contributed by atoms with Crippen LogP contribution in [0.1, 0.15) is 17.5 Å². The molecule has 3 rings (SSSR count). The van der Waals surface area contributed by atoms with Crippen LogP contribution in [-0.2, 0) is 27.7 Å². The van der Waals surface area contributed by atoms with Gasteiger partial charge in [-0.2, -0.15) is 0 Å². The SMILES string of the molecule is COc1ccc(OCC(O)CNCCc2ccc(NS(C)(=O)=O)cc2)c2c1NC(=O)CC2.Cl. The van der Waals surface area contributed by atoms with E-state index in [0.717, 1.165) is 23.8 Å². The fourth-order valence-corrected chi connectivity index (χ4v) is 4.00. The number of rotatable bonds is 11. The molecule has 9 nitrogen and oxygen atoms in total. The van der Waals surface area contributed by atoms with Gasteiger partial charge in [0, 0.05) is 24.2 Å². The number of benzene rings is 2. The Labute approximate surface area is 200 Å². The van der Waals surface area contributed by atoms with Crippen LogP contribution in [0, 0.1) is 0 Å². The van der Waals surface area contributed by atoms with E-state index < -0.39 is 16.1 Å². The third kappa shape index (κ3) is 8.08. The molecule has 0 fully saturated rings. The predicted octanol–water partition coefficient (Wildman–Crippen LogP) is 1.95. The largest absolute Gasteiger partial charge is 0.495 e. The summed E-state index contributed by atoms with van der Waals surface area (Å²) < 4.78 is 36.0. The average molecular weight is 500 g/mol. The zero-order chi connectivity index (χ0) is 23.1. The number of aliphatic hydroxyl groups excluding tert-OH is 1. The van der Waals surface area contributed by atoms with E-state index in [9.17, 15) is 18.3 Å². The molecule has 33 heavy (non-hydrogen) atoms. The summed E-state index contributed by atoms with van der Waals surface area (Å²) in [6.07, 6.45) is 2.08. The standard InChI is InChI=1S/C22H29N3O6S.ClH/c1-30-20-9-8-19(18-7-10-21(27)24-22(18)20)31-14-17(26)13-23-12-11-15-3-5-16(6-4-15)25-32(2,28)29;/h3-6,8-9,17,23,25-26H,7,10-14H2,1-2H3,(H,24,27);1H. The summed E-state index contributed by atoms with van der Waals surface area (Å²) in [7, 11) is -1.74. The molecule has 0 aliphatic carbocycles. The van der Waals surface area contributed by atoms with Crippen molar-refractivity contribution in [2.45, 2.75) is 25.4 Å². The van der Waals surface area contributed by atoms with Crippen LogP contribution in [-0.4, -0.2) is 58.6 Å². The average Bonchev–Trinajstić information content (AvgIpc) is 2.75. The summed E-state index contributed by atoms with van der Waals surface area (Å²) in [5.74, 6) is 1.16. The zero-order valence-electron chi connectivity index (χ0n) is 18.6. The van der Waals surface area contributed by atoms with Crippen LogP contribution in [0.4, 0.5) is 11.4 Å². The van der Waals surface area contributed by atoms with Crippen molar-refractivity contribution in [3.05, 3.63) is 47.5 Å². The highest BCUT2D eigenvalue weighted by Gasteiger charge is 2.22. The second-order valence-electron chi connectivity index (χ2n) is 7.66. The van der Waals surface area contributed by atoms with Crippen molar-refractivity contribution in [1.29, 1.82) is 0 Å². The third-order valence-corrected chi connectivity index (χ3v) is 5.58. The van der Waals surface area contributed by atoms with Gasteiger partial charge in [-0.25, -0.2) is 8.42 Å². The topological polar surface area (TPSA) is 126 Å². The number of hydrogen-bond donors (Lipinski definition) is 4. The van der Waals surface area contributed by atoms with E-state index in [-0.39, 0.29) is 24.9 Å². The Morgan fingerprint density at radius 2 is 1.82 bits per heavy atom. The molecule has 0 radical (unpaired) electrons. The van der Waals surface area contributed by atoms with Gasteiger partial charge < -0.3 is 25.2 Å². The van der Waals surface area contributed by atoms with Crippen molar-refractivity contribution in [3.8, 4) is 11.5 Å². The molecule has 0 spiro atoms. The van der Waals surface area contributed by atoms with Crippen LogP contribution in [0.5, 0.6) is 11.5 Å². The number of carbonyl (C=O) groups is 1. The first-order valence-electron chi connectivity index (χ1n) is 10.3. The van der Waals surface area contributed by atoms with Gasteiger partial charge in [0.1, 0.15) is 24.2 Å². The summed E-state index contributed by atoms with van der Waals surface area (Å²) >= 11 is 0. The Bertz CT molecular complexity index is 1050. The summed E-state index contributed by atoms with van der Waals surface area (Å²) in [5, 5.41) is 16.3. The minimum Gasteiger partial charge on any atom is -0.495 e. The van der Waals surface area contributed by atoms with E-state index in [4.69, 9.17) is 9.47 Å². The Morgan fingerprint density at radius 3 is 2.48 bits per heavy atom. The minimum absolute atomic E-state index is 0. The number of hydrogen-bond acceptors (Lipinski definition) is 7. The number of anilines is 2. The molecular weight excluding hydrogens is 470 g/mol. The number of ether oxygens (including phenoxy) is 2. The lowest BCUT2D eigenvalue weighted by molar-refractivity contribution is -0.116. The first-order valence-corrected chi connectivity index (χ1v) is 12.2. The summed E-state index contributed by atoms with van der Waals surface area (Å²) in [6, 6.07) is 10.7. The van der Waals surface area contributed by atoms with Gasteiger partial charge in [-0.3, -0.25) is 9.52 Å². The maximum Gasteiger partial charge on any atom is 0.229 e. The molecule has 1 aliphatic rings. The number of carbonyl (C=O) groups excluding carboxylic acids is 1. The predicted molar refractivity (Wildman–Crippen MR) is 130 cm³/mol. The molecule has 1 atom stereocenters. The molecule has 2 aromatic rings. The molecule has 0 bridgehead atoms. The van der Waals surface area contributed by atoms with Crippen LogP contribution in [0.25, 0.3) is 0 Å². The van der Waals surface area contributed by atoms with Crippen LogP contribution < -0.4 is 24.8 Å². The van der Waals surface area contributed by atoms with Gasteiger partial charge in [-0.15, -0.1) is 12.4 Å². The monoisotopic (exact) mass is 499 g/mol. The number of aliphatic hydroxyl groups is 1.